The summed E-state index contributed by atoms with van der Waals surface area (Å²) in [5.74, 6) is 0. The minimum Gasteiger partial charge on any atom is -0.330 e. The van der Waals surface area contributed by atoms with E-state index in [-0.39, 0.29) is 0 Å². The minimum atomic E-state index is 0.519. The molecular formula is C12H12N2S. The third kappa shape index (κ3) is 2.13. The number of hydrogen-bond acceptors (Lipinski definition) is 2. The van der Waals surface area contributed by atoms with Crippen molar-refractivity contribution in [3.05, 3.63) is 46.4 Å². The largest absolute Gasteiger partial charge is 0.330 e. The lowest BCUT2D eigenvalue weighted by atomic mass is 10.0. The van der Waals surface area contributed by atoms with Crippen LogP contribution < -0.4 is 0 Å². The molecule has 0 atom stereocenters. The molecule has 2 rings (SSSR count). The van der Waals surface area contributed by atoms with Crippen molar-refractivity contribution < 1.29 is 0 Å². The van der Waals surface area contributed by atoms with Gasteiger partial charge in [-0.1, -0.05) is 12.1 Å². The maximum absolute atomic E-state index is 4.99. The number of nitrogens with zero attached hydrogens (tertiary/aromatic N) is 1. The molecule has 0 saturated heterocycles. The molecule has 0 saturated carbocycles. The van der Waals surface area contributed by atoms with E-state index in [1.165, 1.54) is 11.1 Å². The van der Waals surface area contributed by atoms with Crippen LogP contribution in [0, 0.1) is 18.6 Å². The summed E-state index contributed by atoms with van der Waals surface area (Å²) in [4.78, 5) is 7.04. The molecule has 0 unspecified atom stereocenters. The van der Waals surface area contributed by atoms with Gasteiger partial charge in [-0.15, -0.1) is 0 Å². The predicted octanol–water partition coefficient (Wildman–Crippen LogP) is 3.42. The fourth-order valence-electron chi connectivity index (χ4n) is 1.45. The van der Waals surface area contributed by atoms with Crippen molar-refractivity contribution in [2.24, 2.45) is 0 Å². The lowest BCUT2D eigenvalue weighted by Gasteiger charge is -2.04. The molecule has 0 amide bonds. The summed E-state index contributed by atoms with van der Waals surface area (Å²) in [5, 5.41) is 0. The first-order valence-electron chi connectivity index (χ1n) is 4.80. The van der Waals surface area contributed by atoms with E-state index in [1.54, 1.807) is 6.20 Å². The van der Waals surface area contributed by atoms with Crippen molar-refractivity contribution in [3.8, 4) is 11.3 Å². The second-order valence-corrected chi connectivity index (χ2v) is 3.97. The average Bonchev–Trinajstić information content (AvgIpc) is 2.22. The topological polar surface area (TPSA) is 28.7 Å². The van der Waals surface area contributed by atoms with Crippen LogP contribution in [0.25, 0.3) is 11.3 Å². The van der Waals surface area contributed by atoms with E-state index in [0.29, 0.717) is 4.77 Å². The van der Waals surface area contributed by atoms with E-state index in [2.05, 4.69) is 42.0 Å². The third-order valence-electron chi connectivity index (χ3n) is 2.49. The van der Waals surface area contributed by atoms with Gasteiger partial charge in [0.15, 0.2) is 4.77 Å². The van der Waals surface area contributed by atoms with Crippen molar-refractivity contribution in [1.29, 1.82) is 0 Å². The normalized spacial score (nSPS) is 10.3. The Hall–Kier alpha value is -1.48. The highest BCUT2D eigenvalue weighted by Crippen LogP contribution is 2.19. The second kappa shape index (κ2) is 3.95. The van der Waals surface area contributed by atoms with Crippen LogP contribution in [0.2, 0.25) is 0 Å². The highest BCUT2D eigenvalue weighted by molar-refractivity contribution is 7.71. The monoisotopic (exact) mass is 216 g/mol. The molecule has 15 heavy (non-hydrogen) atoms. The van der Waals surface area contributed by atoms with Crippen LogP contribution >= 0.6 is 12.2 Å². The first kappa shape index (κ1) is 10.1. The molecule has 0 aliphatic carbocycles. The zero-order chi connectivity index (χ0) is 10.8. The Morgan fingerprint density at radius 1 is 1.13 bits per heavy atom. The predicted molar refractivity (Wildman–Crippen MR) is 64.3 cm³/mol. The van der Waals surface area contributed by atoms with Gasteiger partial charge >= 0.3 is 0 Å². The molecule has 76 valence electrons. The van der Waals surface area contributed by atoms with Crippen molar-refractivity contribution in [1.82, 2.24) is 9.97 Å². The highest BCUT2D eigenvalue weighted by Gasteiger charge is 1.99. The Bertz CT molecular complexity index is 543. The lowest BCUT2D eigenvalue weighted by Crippen LogP contribution is -1.88. The Morgan fingerprint density at radius 2 is 1.93 bits per heavy atom. The summed E-state index contributed by atoms with van der Waals surface area (Å²) >= 11 is 4.99. The van der Waals surface area contributed by atoms with Gasteiger partial charge in [0.2, 0.25) is 0 Å². The first-order chi connectivity index (χ1) is 7.16. The SMILES string of the molecule is Cc1ccc(-c2ccnc(=S)[nH]2)cc1C. The number of hydrogen-bond donors (Lipinski definition) is 1. The van der Waals surface area contributed by atoms with Crippen molar-refractivity contribution in [3.63, 3.8) is 0 Å². The average molecular weight is 216 g/mol. The summed E-state index contributed by atoms with van der Waals surface area (Å²) in [6, 6.07) is 8.28. The number of aromatic amines is 1. The van der Waals surface area contributed by atoms with Crippen LogP contribution in [0.15, 0.2) is 30.5 Å². The molecule has 0 aliphatic rings. The molecule has 0 fully saturated rings. The summed E-state index contributed by atoms with van der Waals surface area (Å²) in [6.45, 7) is 4.21. The second-order valence-electron chi connectivity index (χ2n) is 3.59. The molecule has 0 aliphatic heterocycles. The van der Waals surface area contributed by atoms with Crippen LogP contribution in [0.1, 0.15) is 11.1 Å². The standard InChI is InChI=1S/C12H12N2S/c1-8-3-4-10(7-9(8)2)11-5-6-13-12(15)14-11/h3-7H,1-2H3,(H,13,14,15). The van der Waals surface area contributed by atoms with Gasteiger partial charge in [-0.2, -0.15) is 0 Å². The van der Waals surface area contributed by atoms with E-state index in [9.17, 15) is 0 Å². The van der Waals surface area contributed by atoms with Crippen molar-refractivity contribution in [2.75, 3.05) is 0 Å². The smallest absolute Gasteiger partial charge is 0.197 e. The summed E-state index contributed by atoms with van der Waals surface area (Å²) in [7, 11) is 0. The Morgan fingerprint density at radius 3 is 2.60 bits per heavy atom. The molecule has 0 spiro atoms. The molecule has 0 bridgehead atoms. The van der Waals surface area contributed by atoms with Crippen LogP contribution in [0.5, 0.6) is 0 Å². The van der Waals surface area contributed by atoms with Crippen LogP contribution in [-0.2, 0) is 0 Å². The zero-order valence-electron chi connectivity index (χ0n) is 8.74. The molecular weight excluding hydrogens is 204 g/mol. The Balaban J connectivity index is 2.55. The van der Waals surface area contributed by atoms with Crippen LogP contribution in [-0.4, -0.2) is 9.97 Å². The Labute approximate surface area is 94.0 Å². The maximum Gasteiger partial charge on any atom is 0.197 e. The molecule has 2 aromatic rings. The van der Waals surface area contributed by atoms with Crippen molar-refractivity contribution in [2.45, 2.75) is 13.8 Å². The number of nitrogens with one attached hydrogen (secondary N) is 1. The van der Waals surface area contributed by atoms with E-state index in [0.717, 1.165) is 11.3 Å². The third-order valence-corrected chi connectivity index (χ3v) is 2.70. The van der Waals surface area contributed by atoms with Gasteiger partial charge in [-0.3, -0.25) is 0 Å². The lowest BCUT2D eigenvalue weighted by molar-refractivity contribution is 1.14. The maximum atomic E-state index is 4.99. The molecule has 1 heterocycles. The molecule has 2 nitrogen and oxygen atoms in total. The van der Waals surface area contributed by atoms with Gasteiger partial charge in [0.1, 0.15) is 0 Å². The summed E-state index contributed by atoms with van der Waals surface area (Å²) in [6.07, 6.45) is 1.73. The fraction of sp³-hybridized carbons (Fsp3) is 0.167. The van der Waals surface area contributed by atoms with E-state index in [4.69, 9.17) is 12.2 Å². The number of H-pyrrole nitrogens is 1. The van der Waals surface area contributed by atoms with Gasteiger partial charge in [-0.05, 0) is 54.9 Å². The quantitative estimate of drug-likeness (QED) is 0.740. The molecule has 1 aromatic heterocycles. The molecule has 1 aromatic carbocycles. The number of aryl methyl sites for hydroxylation is 2. The zero-order valence-corrected chi connectivity index (χ0v) is 9.56. The first-order valence-corrected chi connectivity index (χ1v) is 5.20. The van der Waals surface area contributed by atoms with E-state index >= 15 is 0 Å². The fourth-order valence-corrected chi connectivity index (χ4v) is 1.62. The van der Waals surface area contributed by atoms with Gasteiger partial charge < -0.3 is 4.98 Å². The molecule has 0 radical (unpaired) electrons. The summed E-state index contributed by atoms with van der Waals surface area (Å²) < 4.78 is 0.519. The van der Waals surface area contributed by atoms with E-state index < -0.39 is 0 Å². The number of benzene rings is 1. The number of rotatable bonds is 1. The van der Waals surface area contributed by atoms with E-state index in [1.807, 2.05) is 6.07 Å². The summed E-state index contributed by atoms with van der Waals surface area (Å²) in [5.41, 5.74) is 4.74. The minimum absolute atomic E-state index is 0.519. The van der Waals surface area contributed by atoms with Gasteiger partial charge in [0.25, 0.3) is 0 Å². The molecule has 3 heteroatoms. The van der Waals surface area contributed by atoms with Crippen LogP contribution in [0.4, 0.5) is 0 Å². The van der Waals surface area contributed by atoms with Gasteiger partial charge in [0, 0.05) is 11.9 Å². The molecule has 1 N–H and O–H groups in total. The highest BCUT2D eigenvalue weighted by atomic mass is 32.1. The van der Waals surface area contributed by atoms with Crippen molar-refractivity contribution >= 4 is 12.2 Å². The van der Waals surface area contributed by atoms with Crippen LogP contribution in [0.3, 0.4) is 0 Å². The number of aromatic nitrogens is 2. The van der Waals surface area contributed by atoms with Gasteiger partial charge in [-0.25, -0.2) is 4.98 Å². The Kier molecular flexibility index (Phi) is 2.64. The van der Waals surface area contributed by atoms with Gasteiger partial charge in [0.05, 0.1) is 0 Å².